The van der Waals surface area contributed by atoms with Gasteiger partial charge in [-0.05, 0) is 31.9 Å². The Balaban J connectivity index is 1.63. The van der Waals surface area contributed by atoms with Gasteiger partial charge >= 0.3 is 0 Å². The zero-order valence-corrected chi connectivity index (χ0v) is 11.6. The van der Waals surface area contributed by atoms with Crippen LogP contribution in [-0.2, 0) is 11.3 Å². The van der Waals surface area contributed by atoms with E-state index in [9.17, 15) is 0 Å². The molecule has 5 nitrogen and oxygen atoms in total. The van der Waals surface area contributed by atoms with Crippen LogP contribution in [0.1, 0.15) is 25.7 Å². The second-order valence-corrected chi connectivity index (χ2v) is 5.39. The van der Waals surface area contributed by atoms with Gasteiger partial charge in [0, 0.05) is 24.3 Å². The Morgan fingerprint density at radius 3 is 2.65 bits per heavy atom. The predicted molar refractivity (Wildman–Crippen MR) is 75.0 cm³/mol. The molecule has 0 amide bonds. The van der Waals surface area contributed by atoms with E-state index < -0.39 is 0 Å². The third-order valence-electron chi connectivity index (χ3n) is 3.75. The summed E-state index contributed by atoms with van der Waals surface area (Å²) in [5.41, 5.74) is 1.04. The Morgan fingerprint density at radius 2 is 1.90 bits per heavy atom. The zero-order chi connectivity index (χ0) is 13.8. The van der Waals surface area contributed by atoms with Gasteiger partial charge in [0.1, 0.15) is 0 Å². The first-order valence-corrected chi connectivity index (χ1v) is 6.96. The molecule has 0 unspecified atom stereocenters. The molecule has 0 bridgehead atoms. The summed E-state index contributed by atoms with van der Waals surface area (Å²) in [6, 6.07) is 9.81. The summed E-state index contributed by atoms with van der Waals surface area (Å²) in [6.07, 6.45) is 2.01. The highest BCUT2D eigenvalue weighted by Crippen LogP contribution is 2.21. The molecule has 1 aliphatic rings. The van der Waals surface area contributed by atoms with Crippen molar-refractivity contribution in [1.82, 2.24) is 15.5 Å². The molecule has 106 valence electrons. The third-order valence-corrected chi connectivity index (χ3v) is 3.75. The van der Waals surface area contributed by atoms with Crippen molar-refractivity contribution in [2.45, 2.75) is 31.8 Å². The van der Waals surface area contributed by atoms with Crippen LogP contribution in [0.15, 0.2) is 34.7 Å². The lowest BCUT2D eigenvalue weighted by Crippen LogP contribution is -2.46. The first-order valence-electron chi connectivity index (χ1n) is 6.96. The SMILES string of the molecule is CC1(NCc2nnc(-c3ccccc3)o2)CCOCC1. The van der Waals surface area contributed by atoms with Crippen LogP contribution in [0.4, 0.5) is 0 Å². The molecule has 0 spiro atoms. The number of aromatic nitrogens is 2. The Kier molecular flexibility index (Phi) is 3.80. The van der Waals surface area contributed by atoms with Crippen molar-refractivity contribution in [3.05, 3.63) is 36.2 Å². The van der Waals surface area contributed by atoms with Gasteiger partial charge in [-0.2, -0.15) is 0 Å². The van der Waals surface area contributed by atoms with E-state index in [1.54, 1.807) is 0 Å². The lowest BCUT2D eigenvalue weighted by molar-refractivity contribution is 0.0437. The molecule has 1 fully saturated rings. The van der Waals surface area contributed by atoms with Gasteiger partial charge in [0.15, 0.2) is 0 Å². The van der Waals surface area contributed by atoms with Gasteiger partial charge < -0.3 is 14.5 Å². The van der Waals surface area contributed by atoms with Gasteiger partial charge in [0.25, 0.3) is 0 Å². The number of hydrogen-bond acceptors (Lipinski definition) is 5. The fourth-order valence-electron chi connectivity index (χ4n) is 2.31. The first-order chi connectivity index (χ1) is 9.75. The van der Waals surface area contributed by atoms with Gasteiger partial charge in [-0.1, -0.05) is 18.2 Å². The van der Waals surface area contributed by atoms with Crippen LogP contribution in [0.5, 0.6) is 0 Å². The summed E-state index contributed by atoms with van der Waals surface area (Å²) in [5, 5.41) is 11.7. The second kappa shape index (κ2) is 5.73. The van der Waals surface area contributed by atoms with Crippen molar-refractivity contribution in [1.29, 1.82) is 0 Å². The maximum absolute atomic E-state index is 5.69. The number of rotatable bonds is 4. The molecule has 1 N–H and O–H groups in total. The zero-order valence-electron chi connectivity index (χ0n) is 11.6. The third kappa shape index (κ3) is 3.05. The summed E-state index contributed by atoms with van der Waals surface area (Å²) in [5.74, 6) is 1.19. The monoisotopic (exact) mass is 273 g/mol. The minimum atomic E-state index is 0.0969. The van der Waals surface area contributed by atoms with Gasteiger partial charge in [-0.25, -0.2) is 0 Å². The molecule has 0 saturated carbocycles. The van der Waals surface area contributed by atoms with Crippen LogP contribution in [-0.4, -0.2) is 29.0 Å². The highest BCUT2D eigenvalue weighted by Gasteiger charge is 2.27. The van der Waals surface area contributed by atoms with Gasteiger partial charge in [0.2, 0.25) is 11.8 Å². The summed E-state index contributed by atoms with van der Waals surface area (Å²) < 4.78 is 11.1. The van der Waals surface area contributed by atoms with Crippen LogP contribution in [0.3, 0.4) is 0 Å². The van der Waals surface area contributed by atoms with Crippen molar-refractivity contribution < 1.29 is 9.15 Å². The van der Waals surface area contributed by atoms with Crippen molar-refractivity contribution in [2.75, 3.05) is 13.2 Å². The summed E-state index contributed by atoms with van der Waals surface area (Å²) in [6.45, 7) is 4.42. The number of ether oxygens (including phenoxy) is 1. The molecule has 2 aromatic rings. The largest absolute Gasteiger partial charge is 0.419 e. The molecule has 1 aromatic carbocycles. The fourth-order valence-corrected chi connectivity index (χ4v) is 2.31. The molecular formula is C15H19N3O2. The van der Waals surface area contributed by atoms with E-state index in [-0.39, 0.29) is 5.54 Å². The van der Waals surface area contributed by atoms with E-state index in [0.717, 1.165) is 31.6 Å². The molecule has 2 heterocycles. The molecule has 5 heteroatoms. The number of nitrogens with zero attached hydrogens (tertiary/aromatic N) is 2. The smallest absolute Gasteiger partial charge is 0.247 e. The van der Waals surface area contributed by atoms with Crippen molar-refractivity contribution in [3.8, 4) is 11.5 Å². The number of hydrogen-bond donors (Lipinski definition) is 1. The standard InChI is InChI=1S/C15H19N3O2/c1-15(7-9-19-10-8-15)16-11-13-17-18-14(20-13)12-5-3-2-4-6-12/h2-6,16H,7-11H2,1H3. The van der Waals surface area contributed by atoms with Crippen molar-refractivity contribution in [2.24, 2.45) is 0 Å². The predicted octanol–water partition coefficient (Wildman–Crippen LogP) is 2.40. The Morgan fingerprint density at radius 1 is 1.15 bits per heavy atom. The van der Waals surface area contributed by atoms with Crippen LogP contribution in [0.2, 0.25) is 0 Å². The maximum Gasteiger partial charge on any atom is 0.247 e. The molecular weight excluding hydrogens is 254 g/mol. The molecule has 0 aliphatic carbocycles. The lowest BCUT2D eigenvalue weighted by atomic mass is 9.92. The van der Waals surface area contributed by atoms with E-state index in [1.807, 2.05) is 30.3 Å². The first kappa shape index (κ1) is 13.3. The molecule has 1 saturated heterocycles. The van der Waals surface area contributed by atoms with E-state index in [0.29, 0.717) is 18.3 Å². The Hall–Kier alpha value is -1.72. The molecule has 0 atom stereocenters. The number of benzene rings is 1. The highest BCUT2D eigenvalue weighted by atomic mass is 16.5. The molecule has 0 radical (unpaired) electrons. The topological polar surface area (TPSA) is 60.2 Å². The van der Waals surface area contributed by atoms with E-state index in [1.165, 1.54) is 0 Å². The Bertz CT molecular complexity index is 547. The minimum absolute atomic E-state index is 0.0969. The van der Waals surface area contributed by atoms with Gasteiger partial charge in [-0.15, -0.1) is 10.2 Å². The normalized spacial score (nSPS) is 18.1. The van der Waals surface area contributed by atoms with Crippen LogP contribution in [0, 0.1) is 0 Å². The van der Waals surface area contributed by atoms with Gasteiger partial charge in [0.05, 0.1) is 6.54 Å². The lowest BCUT2D eigenvalue weighted by Gasteiger charge is -2.34. The minimum Gasteiger partial charge on any atom is -0.419 e. The fraction of sp³-hybridized carbons (Fsp3) is 0.467. The van der Waals surface area contributed by atoms with Crippen LogP contribution in [0.25, 0.3) is 11.5 Å². The molecule has 1 aliphatic heterocycles. The average molecular weight is 273 g/mol. The van der Waals surface area contributed by atoms with Gasteiger partial charge in [-0.3, -0.25) is 0 Å². The van der Waals surface area contributed by atoms with E-state index in [4.69, 9.17) is 9.15 Å². The van der Waals surface area contributed by atoms with Crippen LogP contribution >= 0.6 is 0 Å². The van der Waals surface area contributed by atoms with Crippen molar-refractivity contribution >= 4 is 0 Å². The Labute approximate surface area is 118 Å². The summed E-state index contributed by atoms with van der Waals surface area (Å²) in [7, 11) is 0. The molecule has 3 rings (SSSR count). The van der Waals surface area contributed by atoms with Crippen LogP contribution < -0.4 is 5.32 Å². The summed E-state index contributed by atoms with van der Waals surface area (Å²) >= 11 is 0. The van der Waals surface area contributed by atoms with Crippen molar-refractivity contribution in [3.63, 3.8) is 0 Å². The molecule has 20 heavy (non-hydrogen) atoms. The second-order valence-electron chi connectivity index (χ2n) is 5.39. The number of nitrogens with one attached hydrogen (secondary N) is 1. The quantitative estimate of drug-likeness (QED) is 0.927. The summed E-state index contributed by atoms with van der Waals surface area (Å²) in [4.78, 5) is 0. The molecule has 1 aromatic heterocycles. The van der Waals surface area contributed by atoms with E-state index >= 15 is 0 Å². The maximum atomic E-state index is 5.69. The average Bonchev–Trinajstić information content (AvgIpc) is 2.96. The van der Waals surface area contributed by atoms with E-state index in [2.05, 4.69) is 22.4 Å². The highest BCUT2D eigenvalue weighted by molar-refractivity contribution is 5.51.